The predicted molar refractivity (Wildman–Crippen MR) is 82.2 cm³/mol. The van der Waals surface area contributed by atoms with E-state index in [2.05, 4.69) is 0 Å². The van der Waals surface area contributed by atoms with Crippen molar-refractivity contribution in [3.8, 4) is 0 Å². The summed E-state index contributed by atoms with van der Waals surface area (Å²) in [5, 5.41) is -4.49. The Morgan fingerprint density at radius 1 is 1.04 bits per heavy atom. The molecule has 1 aromatic rings. The van der Waals surface area contributed by atoms with E-state index in [9.17, 15) is 17.2 Å². The van der Waals surface area contributed by atoms with Crippen molar-refractivity contribution < 1.29 is 34.9 Å². The molecule has 0 spiro atoms. The summed E-state index contributed by atoms with van der Waals surface area (Å²) in [6.07, 6.45) is -1.16. The second-order valence-electron chi connectivity index (χ2n) is 6.48. The zero-order chi connectivity index (χ0) is 19.5. The second-order valence-corrected chi connectivity index (χ2v) is 7.99. The molecule has 0 saturated heterocycles. The van der Waals surface area contributed by atoms with Gasteiger partial charge in [0.15, 0.2) is 11.3 Å². The Balaban J connectivity index is 2.84. The van der Waals surface area contributed by atoms with Crippen LogP contribution < -0.4 is 0 Å². The van der Waals surface area contributed by atoms with Crippen LogP contribution in [-0.2, 0) is 16.5 Å². The van der Waals surface area contributed by atoms with E-state index in [0.717, 1.165) is 0 Å². The minimum absolute atomic E-state index is 0.0113. The molecular formula is C16H17F5O3S. The zero-order valence-electron chi connectivity index (χ0n) is 13.7. The van der Waals surface area contributed by atoms with E-state index >= 15 is 13.2 Å². The van der Waals surface area contributed by atoms with Crippen molar-refractivity contribution in [2.75, 3.05) is 0 Å². The van der Waals surface area contributed by atoms with Crippen molar-refractivity contribution in [2.45, 2.75) is 49.2 Å². The van der Waals surface area contributed by atoms with Crippen LogP contribution in [-0.4, -0.2) is 35.0 Å². The van der Waals surface area contributed by atoms with Crippen LogP contribution in [0.2, 0.25) is 0 Å². The average molecular weight is 384 g/mol. The summed E-state index contributed by atoms with van der Waals surface area (Å²) in [4.78, 5) is 0. The van der Waals surface area contributed by atoms with Gasteiger partial charge in [-0.15, -0.1) is 0 Å². The van der Waals surface area contributed by atoms with E-state index in [1.165, 1.54) is 30.3 Å². The molecule has 0 radical (unpaired) electrons. The van der Waals surface area contributed by atoms with Crippen molar-refractivity contribution in [1.29, 1.82) is 0 Å². The van der Waals surface area contributed by atoms with Gasteiger partial charge in [0.1, 0.15) is 5.83 Å². The fraction of sp³-hybridized carbons (Fsp3) is 0.500. The summed E-state index contributed by atoms with van der Waals surface area (Å²) in [5.41, 5.74) is -13.3. The second kappa shape index (κ2) is 5.51. The van der Waals surface area contributed by atoms with Gasteiger partial charge in [-0.3, -0.25) is 4.55 Å². The van der Waals surface area contributed by atoms with E-state index in [1.54, 1.807) is 0 Å². The maximum absolute atomic E-state index is 15.6. The lowest BCUT2D eigenvalue weighted by molar-refractivity contribution is -0.166. The highest BCUT2D eigenvalue weighted by atomic mass is 32.2. The van der Waals surface area contributed by atoms with Crippen LogP contribution in [0.1, 0.15) is 26.3 Å². The average Bonchev–Trinajstić information content (AvgIpc) is 2.50. The summed E-state index contributed by atoms with van der Waals surface area (Å²) in [5.74, 6) is -2.11. The molecular weight excluding hydrogens is 367 g/mol. The van der Waals surface area contributed by atoms with Crippen molar-refractivity contribution >= 4 is 10.1 Å². The van der Waals surface area contributed by atoms with Crippen LogP contribution in [0.3, 0.4) is 0 Å². The van der Waals surface area contributed by atoms with Crippen LogP contribution >= 0.6 is 0 Å². The molecule has 4 atom stereocenters. The van der Waals surface area contributed by atoms with Crippen molar-refractivity contribution in [3.05, 3.63) is 47.3 Å². The molecule has 4 unspecified atom stereocenters. The Morgan fingerprint density at radius 2 is 1.52 bits per heavy atom. The smallest absolute Gasteiger partial charge is 0.283 e. The molecule has 0 amide bonds. The van der Waals surface area contributed by atoms with Gasteiger partial charge in [0.05, 0.1) is 0 Å². The Kier molecular flexibility index (Phi) is 4.37. The molecule has 0 bridgehead atoms. The quantitative estimate of drug-likeness (QED) is 0.628. The van der Waals surface area contributed by atoms with Gasteiger partial charge < -0.3 is 0 Å². The molecule has 140 valence electrons. The lowest BCUT2D eigenvalue weighted by Crippen LogP contribution is -2.73. The number of hydrogen-bond donors (Lipinski definition) is 1. The van der Waals surface area contributed by atoms with Gasteiger partial charge in [-0.1, -0.05) is 30.3 Å². The Morgan fingerprint density at radius 3 is 1.96 bits per heavy atom. The molecule has 2 rings (SSSR count). The number of halogens is 5. The predicted octanol–water partition coefficient (Wildman–Crippen LogP) is 4.20. The first-order valence-electron chi connectivity index (χ1n) is 7.28. The first kappa shape index (κ1) is 19.8. The third-order valence-electron chi connectivity index (χ3n) is 4.96. The first-order chi connectivity index (χ1) is 11.1. The first-order valence-corrected chi connectivity index (χ1v) is 8.72. The van der Waals surface area contributed by atoms with Gasteiger partial charge in [-0.05, 0) is 26.3 Å². The summed E-state index contributed by atoms with van der Waals surface area (Å²) in [6.45, 7) is 0.995. The molecule has 0 heterocycles. The van der Waals surface area contributed by atoms with Crippen molar-refractivity contribution in [1.82, 2.24) is 0 Å². The molecule has 3 nitrogen and oxygen atoms in total. The van der Waals surface area contributed by atoms with Gasteiger partial charge in [0, 0.05) is 12.0 Å². The minimum atomic E-state index is -5.97. The highest BCUT2D eigenvalue weighted by Crippen LogP contribution is 2.61. The highest BCUT2D eigenvalue weighted by molar-refractivity contribution is 7.87. The summed E-state index contributed by atoms with van der Waals surface area (Å²) >= 11 is 0. The molecule has 1 N–H and O–H groups in total. The maximum Gasteiger partial charge on any atom is 0.308 e. The molecule has 1 aliphatic rings. The zero-order valence-corrected chi connectivity index (χ0v) is 14.5. The number of hydrogen-bond acceptors (Lipinski definition) is 2. The molecule has 0 aliphatic heterocycles. The van der Waals surface area contributed by atoms with Gasteiger partial charge in [-0.2, -0.15) is 8.42 Å². The van der Waals surface area contributed by atoms with Crippen LogP contribution in [0.5, 0.6) is 0 Å². The Labute approximate surface area is 142 Å². The third-order valence-corrected chi connectivity index (χ3v) is 6.36. The topological polar surface area (TPSA) is 54.4 Å². The normalized spacial score (nSPS) is 39.6. The van der Waals surface area contributed by atoms with Gasteiger partial charge in [0.2, 0.25) is 5.67 Å². The van der Waals surface area contributed by atoms with E-state index in [1.807, 2.05) is 0 Å². The van der Waals surface area contributed by atoms with Crippen LogP contribution in [0.25, 0.3) is 0 Å². The largest absolute Gasteiger partial charge is 0.308 e. The van der Waals surface area contributed by atoms with E-state index in [4.69, 9.17) is 4.55 Å². The van der Waals surface area contributed by atoms with E-state index in [0.29, 0.717) is 13.8 Å². The highest BCUT2D eigenvalue weighted by Gasteiger charge is 2.80. The number of allylic oxidation sites excluding steroid dienone is 1. The Bertz CT molecular complexity index is 819. The van der Waals surface area contributed by atoms with Gasteiger partial charge in [-0.25, -0.2) is 22.0 Å². The maximum atomic E-state index is 15.6. The molecule has 0 fully saturated rings. The standard InChI is InChI=1S/C16H17F5O3S/c1-10-12(17)13(2,18)15(20,9-11-7-5-4-6-8-11)14(3,19)16(10,21)25(22,23)24/h4-8H,9H2,1-3H3,(H,22,23,24). The molecule has 0 aromatic heterocycles. The minimum Gasteiger partial charge on any atom is -0.283 e. The van der Waals surface area contributed by atoms with Crippen LogP contribution in [0.4, 0.5) is 22.0 Å². The number of alkyl halides is 4. The molecule has 9 heteroatoms. The Hall–Kier alpha value is -1.48. The van der Waals surface area contributed by atoms with Crippen LogP contribution in [0.15, 0.2) is 41.7 Å². The number of benzene rings is 1. The lowest BCUT2D eigenvalue weighted by atomic mass is 9.64. The molecule has 1 aliphatic carbocycles. The molecule has 1 aromatic carbocycles. The SMILES string of the molecule is CC1=C(F)C(C)(F)C(F)(Cc2ccccc2)C(C)(F)C1(F)S(=O)(=O)O. The summed E-state index contributed by atoms with van der Waals surface area (Å²) < 4.78 is 108. The van der Waals surface area contributed by atoms with Gasteiger partial charge >= 0.3 is 10.1 Å². The monoisotopic (exact) mass is 384 g/mol. The fourth-order valence-electron chi connectivity index (χ4n) is 3.36. The lowest BCUT2D eigenvalue weighted by Gasteiger charge is -2.52. The number of rotatable bonds is 3. The molecule has 25 heavy (non-hydrogen) atoms. The third kappa shape index (κ3) is 2.35. The van der Waals surface area contributed by atoms with Crippen molar-refractivity contribution in [3.63, 3.8) is 0 Å². The van der Waals surface area contributed by atoms with Crippen molar-refractivity contribution in [2.24, 2.45) is 0 Å². The van der Waals surface area contributed by atoms with E-state index < -0.39 is 49.9 Å². The van der Waals surface area contributed by atoms with Crippen LogP contribution in [0, 0.1) is 0 Å². The summed E-state index contributed by atoms with van der Waals surface area (Å²) in [6, 6.07) is 6.89. The van der Waals surface area contributed by atoms with Gasteiger partial charge in [0.25, 0.3) is 5.00 Å². The molecule has 0 saturated carbocycles. The van der Waals surface area contributed by atoms with E-state index in [-0.39, 0.29) is 12.5 Å². The fourth-order valence-corrected chi connectivity index (χ4v) is 4.48. The summed E-state index contributed by atoms with van der Waals surface area (Å²) in [7, 11) is -5.97.